The molecule has 1 aliphatic rings. The van der Waals surface area contributed by atoms with Gasteiger partial charge in [-0.1, -0.05) is 6.92 Å². The van der Waals surface area contributed by atoms with E-state index < -0.39 is 0 Å². The first kappa shape index (κ1) is 6.61. The maximum absolute atomic E-state index is 8.51. The summed E-state index contributed by atoms with van der Waals surface area (Å²) < 4.78 is 0. The normalized spacial score (nSPS) is 35.6. The van der Waals surface area contributed by atoms with Crippen LogP contribution in [-0.4, -0.2) is 0 Å². The Morgan fingerprint density at radius 1 is 1.22 bits per heavy atom. The van der Waals surface area contributed by atoms with Crippen LogP contribution in [0.5, 0.6) is 0 Å². The average molecular weight is 122 g/mol. The molecule has 0 aromatic carbocycles. The molecule has 0 spiro atoms. The summed E-state index contributed by atoms with van der Waals surface area (Å²) in [6, 6.07) is 2.30. The van der Waals surface area contributed by atoms with Crippen molar-refractivity contribution in [3.8, 4) is 6.07 Å². The third-order valence-corrected chi connectivity index (χ3v) is 2.03. The molecule has 0 saturated heterocycles. The summed E-state index contributed by atoms with van der Waals surface area (Å²) in [7, 11) is 0. The standard InChI is InChI=1S/C8H12N/c1-7-2-4-8(6-9)5-3-7/h7-8H,1-5H2. The fourth-order valence-corrected chi connectivity index (χ4v) is 1.29. The molecule has 49 valence electrons. The lowest BCUT2D eigenvalue weighted by atomic mass is 9.84. The lowest BCUT2D eigenvalue weighted by Gasteiger charge is -2.20. The molecule has 0 aromatic heterocycles. The second-order valence-corrected chi connectivity index (χ2v) is 2.85. The number of hydrogen-bond donors (Lipinski definition) is 0. The molecule has 1 radical (unpaired) electrons. The highest BCUT2D eigenvalue weighted by Crippen LogP contribution is 2.26. The zero-order chi connectivity index (χ0) is 6.69. The quantitative estimate of drug-likeness (QED) is 0.483. The van der Waals surface area contributed by atoms with Gasteiger partial charge in [0.25, 0.3) is 0 Å². The summed E-state index contributed by atoms with van der Waals surface area (Å²) in [4.78, 5) is 0. The van der Waals surface area contributed by atoms with Crippen LogP contribution in [0.3, 0.4) is 0 Å². The highest BCUT2D eigenvalue weighted by molar-refractivity contribution is 4.87. The van der Waals surface area contributed by atoms with Crippen LogP contribution in [0, 0.1) is 30.1 Å². The van der Waals surface area contributed by atoms with Crippen LogP contribution in [0.1, 0.15) is 25.7 Å². The van der Waals surface area contributed by atoms with Gasteiger partial charge in [-0.15, -0.1) is 0 Å². The molecule has 0 aromatic rings. The van der Waals surface area contributed by atoms with Gasteiger partial charge in [-0.05, 0) is 31.6 Å². The average Bonchev–Trinajstić information content (AvgIpc) is 1.90. The highest BCUT2D eigenvalue weighted by Gasteiger charge is 2.16. The lowest BCUT2D eigenvalue weighted by molar-refractivity contribution is 0.360. The van der Waals surface area contributed by atoms with Crippen LogP contribution >= 0.6 is 0 Å². The first-order valence-electron chi connectivity index (χ1n) is 3.55. The Hall–Kier alpha value is -0.510. The molecule has 0 heterocycles. The molecule has 0 atom stereocenters. The van der Waals surface area contributed by atoms with Gasteiger partial charge in [0.2, 0.25) is 0 Å². The van der Waals surface area contributed by atoms with Gasteiger partial charge in [-0.25, -0.2) is 0 Å². The maximum Gasteiger partial charge on any atom is 0.0655 e. The molecule has 0 N–H and O–H groups in total. The SMILES string of the molecule is [CH2]C1CCC(C#N)CC1. The van der Waals surface area contributed by atoms with Crippen LogP contribution < -0.4 is 0 Å². The Balaban J connectivity index is 2.28. The van der Waals surface area contributed by atoms with E-state index in [1.54, 1.807) is 0 Å². The zero-order valence-electron chi connectivity index (χ0n) is 5.64. The van der Waals surface area contributed by atoms with Gasteiger partial charge in [0.05, 0.1) is 6.07 Å². The molecule has 0 aliphatic heterocycles. The molecule has 9 heavy (non-hydrogen) atoms. The predicted molar refractivity (Wildman–Crippen MR) is 36.4 cm³/mol. The fourth-order valence-electron chi connectivity index (χ4n) is 1.29. The summed E-state index contributed by atoms with van der Waals surface area (Å²) in [6.45, 7) is 3.96. The molecule has 1 heteroatoms. The molecule has 0 amide bonds. The van der Waals surface area contributed by atoms with Crippen LogP contribution in [0.2, 0.25) is 0 Å². The Bertz CT molecular complexity index is 115. The summed E-state index contributed by atoms with van der Waals surface area (Å²) in [5.41, 5.74) is 0. The Morgan fingerprint density at radius 2 is 1.78 bits per heavy atom. The minimum atomic E-state index is 0.336. The molecule has 1 aliphatic carbocycles. The van der Waals surface area contributed by atoms with E-state index in [9.17, 15) is 0 Å². The van der Waals surface area contributed by atoms with Crippen LogP contribution in [-0.2, 0) is 0 Å². The first-order chi connectivity index (χ1) is 4.33. The van der Waals surface area contributed by atoms with E-state index >= 15 is 0 Å². The summed E-state index contributed by atoms with van der Waals surface area (Å²) in [6.07, 6.45) is 4.45. The van der Waals surface area contributed by atoms with Gasteiger partial charge in [0.15, 0.2) is 0 Å². The second kappa shape index (κ2) is 2.87. The fraction of sp³-hybridized carbons (Fsp3) is 0.750. The van der Waals surface area contributed by atoms with Crippen molar-refractivity contribution >= 4 is 0 Å². The summed E-state index contributed by atoms with van der Waals surface area (Å²) in [5.74, 6) is 0.956. The summed E-state index contributed by atoms with van der Waals surface area (Å²) >= 11 is 0. The molecular weight excluding hydrogens is 110 g/mol. The van der Waals surface area contributed by atoms with Gasteiger partial charge in [0.1, 0.15) is 0 Å². The van der Waals surface area contributed by atoms with Crippen molar-refractivity contribution in [2.75, 3.05) is 0 Å². The van der Waals surface area contributed by atoms with Crippen molar-refractivity contribution in [2.24, 2.45) is 11.8 Å². The van der Waals surface area contributed by atoms with Gasteiger partial charge >= 0.3 is 0 Å². The van der Waals surface area contributed by atoms with Crippen LogP contribution in [0.15, 0.2) is 0 Å². The molecule has 1 rings (SSSR count). The number of rotatable bonds is 0. The largest absolute Gasteiger partial charge is 0.198 e. The van der Waals surface area contributed by atoms with Gasteiger partial charge in [-0.2, -0.15) is 5.26 Å². The third kappa shape index (κ3) is 1.71. The van der Waals surface area contributed by atoms with Gasteiger partial charge < -0.3 is 0 Å². The van der Waals surface area contributed by atoms with E-state index in [4.69, 9.17) is 5.26 Å². The van der Waals surface area contributed by atoms with Crippen molar-refractivity contribution in [3.63, 3.8) is 0 Å². The van der Waals surface area contributed by atoms with Gasteiger partial charge in [0, 0.05) is 5.92 Å². The minimum absolute atomic E-state index is 0.336. The number of nitriles is 1. The zero-order valence-corrected chi connectivity index (χ0v) is 5.64. The number of nitrogens with zero attached hydrogens (tertiary/aromatic N) is 1. The third-order valence-electron chi connectivity index (χ3n) is 2.03. The Morgan fingerprint density at radius 3 is 2.22 bits per heavy atom. The van der Waals surface area contributed by atoms with Crippen molar-refractivity contribution in [3.05, 3.63) is 6.92 Å². The first-order valence-corrected chi connectivity index (χ1v) is 3.55. The maximum atomic E-state index is 8.51. The molecule has 0 unspecified atom stereocenters. The monoisotopic (exact) mass is 122 g/mol. The van der Waals surface area contributed by atoms with E-state index in [2.05, 4.69) is 13.0 Å². The lowest BCUT2D eigenvalue weighted by Crippen LogP contribution is -2.10. The van der Waals surface area contributed by atoms with E-state index in [1.807, 2.05) is 0 Å². The van der Waals surface area contributed by atoms with Crippen LogP contribution in [0.25, 0.3) is 0 Å². The minimum Gasteiger partial charge on any atom is -0.198 e. The van der Waals surface area contributed by atoms with E-state index in [-0.39, 0.29) is 0 Å². The molecular formula is C8H12N. The highest BCUT2D eigenvalue weighted by atomic mass is 14.3. The van der Waals surface area contributed by atoms with Crippen molar-refractivity contribution < 1.29 is 0 Å². The summed E-state index contributed by atoms with van der Waals surface area (Å²) in [5, 5.41) is 8.51. The molecule has 1 fully saturated rings. The Kier molecular flexibility index (Phi) is 2.10. The van der Waals surface area contributed by atoms with Crippen LogP contribution in [0.4, 0.5) is 0 Å². The Labute approximate surface area is 56.7 Å². The predicted octanol–water partition coefficient (Wildman–Crippen LogP) is 2.15. The topological polar surface area (TPSA) is 23.8 Å². The van der Waals surface area contributed by atoms with Crippen molar-refractivity contribution in [1.29, 1.82) is 5.26 Å². The molecule has 1 saturated carbocycles. The van der Waals surface area contributed by atoms with E-state index in [1.165, 1.54) is 0 Å². The smallest absolute Gasteiger partial charge is 0.0655 e. The molecule has 0 bridgehead atoms. The van der Waals surface area contributed by atoms with Gasteiger partial charge in [-0.3, -0.25) is 0 Å². The molecule has 1 nitrogen and oxygen atoms in total. The van der Waals surface area contributed by atoms with E-state index in [0.29, 0.717) is 11.8 Å². The second-order valence-electron chi connectivity index (χ2n) is 2.85. The number of hydrogen-bond acceptors (Lipinski definition) is 1. The van der Waals surface area contributed by atoms with Crippen molar-refractivity contribution in [2.45, 2.75) is 25.7 Å². The van der Waals surface area contributed by atoms with E-state index in [0.717, 1.165) is 25.7 Å². The van der Waals surface area contributed by atoms with Crippen molar-refractivity contribution in [1.82, 2.24) is 0 Å².